The lowest BCUT2D eigenvalue weighted by Gasteiger charge is -2.32. The summed E-state index contributed by atoms with van der Waals surface area (Å²) in [6.07, 6.45) is -3.05. The smallest absolute Gasteiger partial charge is 0.471 e. The molecule has 0 saturated carbocycles. The Kier molecular flexibility index (Phi) is 6.45. The molecule has 1 fully saturated rings. The molecule has 2 aromatic rings. The average Bonchev–Trinajstić information content (AvgIpc) is 3.20. The van der Waals surface area contributed by atoms with Gasteiger partial charge in [-0.3, -0.25) is 4.79 Å². The molecule has 1 aliphatic rings. The van der Waals surface area contributed by atoms with Crippen molar-refractivity contribution in [2.75, 3.05) is 26.2 Å². The van der Waals surface area contributed by atoms with Crippen LogP contribution < -0.4 is 10.1 Å². The Morgan fingerprint density at radius 1 is 1.29 bits per heavy atom. The van der Waals surface area contributed by atoms with E-state index in [1.807, 2.05) is 24.3 Å². The SMILES string of the molecule is O=C(NC1CCN(CCCOc2ccccc2-c2nnn[nH]2)CC1)C(F)(F)F. The summed E-state index contributed by atoms with van der Waals surface area (Å²) < 4.78 is 42.7. The Balaban J connectivity index is 1.38. The predicted octanol–water partition coefficient (Wildman–Crippen LogP) is 1.78. The van der Waals surface area contributed by atoms with Gasteiger partial charge in [0.25, 0.3) is 0 Å². The fourth-order valence-electron chi connectivity index (χ4n) is 3.10. The van der Waals surface area contributed by atoms with E-state index in [-0.39, 0.29) is 0 Å². The topological polar surface area (TPSA) is 96.0 Å². The number of piperidine rings is 1. The number of halogens is 3. The third-order valence-corrected chi connectivity index (χ3v) is 4.54. The summed E-state index contributed by atoms with van der Waals surface area (Å²) in [5.41, 5.74) is 0.772. The Hall–Kier alpha value is -2.69. The number of likely N-dealkylation sites (tertiary alicyclic amines) is 1. The van der Waals surface area contributed by atoms with Crippen LogP contribution in [0.5, 0.6) is 5.75 Å². The zero-order valence-electron chi connectivity index (χ0n) is 15.1. The van der Waals surface area contributed by atoms with Crippen molar-refractivity contribution in [2.45, 2.75) is 31.5 Å². The number of nitrogens with zero attached hydrogens (tertiary/aromatic N) is 4. The predicted molar refractivity (Wildman–Crippen MR) is 93.4 cm³/mol. The molecule has 152 valence electrons. The molecule has 28 heavy (non-hydrogen) atoms. The summed E-state index contributed by atoms with van der Waals surface area (Å²) in [4.78, 5) is 13.2. The second-order valence-electron chi connectivity index (χ2n) is 6.54. The Morgan fingerprint density at radius 3 is 2.71 bits per heavy atom. The number of hydrogen-bond acceptors (Lipinski definition) is 6. The third kappa shape index (κ3) is 5.41. The normalized spacial score (nSPS) is 16.1. The molecule has 0 atom stereocenters. The minimum absolute atomic E-state index is 0.427. The Morgan fingerprint density at radius 2 is 2.04 bits per heavy atom. The van der Waals surface area contributed by atoms with Crippen molar-refractivity contribution in [3.8, 4) is 17.1 Å². The molecule has 8 nitrogen and oxygen atoms in total. The van der Waals surface area contributed by atoms with Crippen LogP contribution in [0.2, 0.25) is 0 Å². The molecule has 0 radical (unpaired) electrons. The zero-order valence-corrected chi connectivity index (χ0v) is 15.1. The first-order chi connectivity index (χ1) is 13.4. The van der Waals surface area contributed by atoms with Crippen LogP contribution in [0.3, 0.4) is 0 Å². The summed E-state index contributed by atoms with van der Waals surface area (Å²) in [5.74, 6) is -0.659. The van der Waals surface area contributed by atoms with Gasteiger partial charge in [-0.05, 0) is 41.8 Å². The molecule has 1 saturated heterocycles. The number of nitrogens with one attached hydrogen (secondary N) is 2. The molecule has 2 heterocycles. The van der Waals surface area contributed by atoms with Crippen LogP contribution in [0.15, 0.2) is 24.3 Å². The number of aromatic nitrogens is 4. The van der Waals surface area contributed by atoms with Gasteiger partial charge in [0.2, 0.25) is 0 Å². The molecule has 1 aromatic carbocycles. The van der Waals surface area contributed by atoms with Crippen LogP contribution in [-0.2, 0) is 4.79 Å². The first-order valence-corrected chi connectivity index (χ1v) is 8.99. The van der Waals surface area contributed by atoms with Gasteiger partial charge in [0, 0.05) is 25.7 Å². The average molecular weight is 398 g/mol. The number of amides is 1. The van der Waals surface area contributed by atoms with Gasteiger partial charge in [-0.1, -0.05) is 12.1 Å². The van der Waals surface area contributed by atoms with Crippen LogP contribution in [0.4, 0.5) is 13.2 Å². The molecule has 1 aromatic heterocycles. The first-order valence-electron chi connectivity index (χ1n) is 8.99. The number of hydrogen-bond donors (Lipinski definition) is 2. The van der Waals surface area contributed by atoms with E-state index in [0.717, 1.165) is 18.5 Å². The van der Waals surface area contributed by atoms with E-state index in [0.29, 0.717) is 44.1 Å². The summed E-state index contributed by atoms with van der Waals surface area (Å²) in [7, 11) is 0. The van der Waals surface area contributed by atoms with E-state index in [4.69, 9.17) is 4.74 Å². The molecule has 3 rings (SSSR count). The first kappa shape index (κ1) is 20.1. The summed E-state index contributed by atoms with van der Waals surface area (Å²) in [6.45, 7) is 2.54. The number of ether oxygens (including phenoxy) is 1. The fourth-order valence-corrected chi connectivity index (χ4v) is 3.10. The highest BCUT2D eigenvalue weighted by Crippen LogP contribution is 2.26. The highest BCUT2D eigenvalue weighted by Gasteiger charge is 2.40. The van der Waals surface area contributed by atoms with Gasteiger partial charge < -0.3 is 15.0 Å². The number of para-hydroxylation sites is 1. The van der Waals surface area contributed by atoms with Gasteiger partial charge >= 0.3 is 12.1 Å². The number of tetrazole rings is 1. The summed E-state index contributed by atoms with van der Waals surface area (Å²) in [5, 5.41) is 15.8. The van der Waals surface area contributed by atoms with E-state index in [2.05, 4.69) is 30.8 Å². The molecular weight excluding hydrogens is 377 g/mol. The lowest BCUT2D eigenvalue weighted by molar-refractivity contribution is -0.174. The fraction of sp³-hybridized carbons (Fsp3) is 0.529. The minimum atomic E-state index is -4.83. The maximum Gasteiger partial charge on any atom is 0.471 e. The molecule has 0 spiro atoms. The van der Waals surface area contributed by atoms with Gasteiger partial charge in [0.15, 0.2) is 5.82 Å². The molecule has 0 unspecified atom stereocenters. The van der Waals surface area contributed by atoms with E-state index in [1.54, 1.807) is 0 Å². The molecule has 2 N–H and O–H groups in total. The second-order valence-corrected chi connectivity index (χ2v) is 6.54. The van der Waals surface area contributed by atoms with Crippen molar-refractivity contribution < 1.29 is 22.7 Å². The Bertz CT molecular complexity index is 761. The van der Waals surface area contributed by atoms with E-state index < -0.39 is 18.1 Å². The van der Waals surface area contributed by atoms with Crippen molar-refractivity contribution >= 4 is 5.91 Å². The van der Waals surface area contributed by atoms with E-state index >= 15 is 0 Å². The van der Waals surface area contributed by atoms with Crippen molar-refractivity contribution in [3.05, 3.63) is 24.3 Å². The molecular formula is C17H21F3N6O2. The van der Waals surface area contributed by atoms with Crippen molar-refractivity contribution in [2.24, 2.45) is 0 Å². The van der Waals surface area contributed by atoms with E-state index in [9.17, 15) is 18.0 Å². The van der Waals surface area contributed by atoms with Crippen LogP contribution in [0.25, 0.3) is 11.4 Å². The minimum Gasteiger partial charge on any atom is -0.493 e. The number of aromatic amines is 1. The van der Waals surface area contributed by atoms with Crippen LogP contribution in [0.1, 0.15) is 19.3 Å². The van der Waals surface area contributed by atoms with Crippen LogP contribution in [-0.4, -0.2) is 69.9 Å². The summed E-state index contributed by atoms with van der Waals surface area (Å²) >= 11 is 0. The highest BCUT2D eigenvalue weighted by molar-refractivity contribution is 5.81. The van der Waals surface area contributed by atoms with Gasteiger partial charge in [-0.2, -0.15) is 13.2 Å². The zero-order chi connectivity index (χ0) is 20.0. The largest absolute Gasteiger partial charge is 0.493 e. The monoisotopic (exact) mass is 398 g/mol. The molecule has 0 bridgehead atoms. The third-order valence-electron chi connectivity index (χ3n) is 4.54. The molecule has 1 aliphatic heterocycles. The number of H-pyrrole nitrogens is 1. The van der Waals surface area contributed by atoms with Gasteiger partial charge in [0.05, 0.1) is 12.2 Å². The van der Waals surface area contributed by atoms with Gasteiger partial charge in [-0.25, -0.2) is 5.10 Å². The van der Waals surface area contributed by atoms with Crippen molar-refractivity contribution in [1.29, 1.82) is 0 Å². The van der Waals surface area contributed by atoms with Gasteiger partial charge in [0.1, 0.15) is 5.75 Å². The van der Waals surface area contributed by atoms with E-state index in [1.165, 1.54) is 0 Å². The lowest BCUT2D eigenvalue weighted by Crippen LogP contribution is -2.48. The van der Waals surface area contributed by atoms with Crippen molar-refractivity contribution in [3.63, 3.8) is 0 Å². The Labute approximate surface area is 159 Å². The maximum absolute atomic E-state index is 12.3. The number of alkyl halides is 3. The number of carbonyl (C=O) groups is 1. The van der Waals surface area contributed by atoms with Crippen molar-refractivity contribution in [1.82, 2.24) is 30.8 Å². The number of carbonyl (C=O) groups excluding carboxylic acids is 1. The molecule has 1 amide bonds. The van der Waals surface area contributed by atoms with Crippen LogP contribution in [0, 0.1) is 0 Å². The lowest BCUT2D eigenvalue weighted by atomic mass is 10.0. The molecule has 11 heteroatoms. The van der Waals surface area contributed by atoms with Crippen LogP contribution >= 0.6 is 0 Å². The number of rotatable bonds is 7. The second kappa shape index (κ2) is 9.00. The maximum atomic E-state index is 12.3. The summed E-state index contributed by atoms with van der Waals surface area (Å²) in [6, 6.07) is 7.00. The number of benzene rings is 1. The highest BCUT2D eigenvalue weighted by atomic mass is 19.4. The van der Waals surface area contributed by atoms with Gasteiger partial charge in [-0.15, -0.1) is 5.10 Å². The standard InChI is InChI=1S/C17H21F3N6O2/c18-17(19,20)16(27)21-12-6-9-26(10-7-12)8-3-11-28-14-5-2-1-4-13(14)15-22-24-25-23-15/h1-2,4-5,12H,3,6-11H2,(H,21,27)(H,22,23,24,25). The quantitative estimate of drug-likeness (QED) is 0.691. The molecule has 0 aliphatic carbocycles.